The summed E-state index contributed by atoms with van der Waals surface area (Å²) < 4.78 is 0. The minimum atomic E-state index is -0.161. The topological polar surface area (TPSA) is 71.1 Å². The first-order chi connectivity index (χ1) is 13.7. The van der Waals surface area contributed by atoms with Crippen molar-refractivity contribution in [2.45, 2.75) is 31.6 Å². The Morgan fingerprint density at radius 1 is 0.857 bits per heavy atom. The van der Waals surface area contributed by atoms with Crippen LogP contribution in [-0.2, 0) is 4.79 Å². The Balaban J connectivity index is 1.41. The minimum absolute atomic E-state index is 0.0534. The van der Waals surface area contributed by atoms with Crippen LogP contribution in [-0.4, -0.2) is 16.8 Å². The largest absolute Gasteiger partial charge is 0.326 e. The molecule has 2 aromatic carbocycles. The molecule has 5 nitrogen and oxygen atoms in total. The third kappa shape index (κ3) is 3.48. The van der Waals surface area contributed by atoms with Gasteiger partial charge in [0, 0.05) is 34.3 Å². The number of aromatic nitrogens is 1. The maximum atomic E-state index is 13.0. The lowest BCUT2D eigenvalue weighted by molar-refractivity contribution is -0.117. The Bertz CT molecular complexity index is 1080. The summed E-state index contributed by atoms with van der Waals surface area (Å²) in [4.78, 5) is 29.8. The number of fused-ring (bicyclic) bond motifs is 1. The van der Waals surface area contributed by atoms with E-state index in [0.717, 1.165) is 42.3 Å². The number of pyridine rings is 1. The number of rotatable bonds is 5. The van der Waals surface area contributed by atoms with E-state index in [4.69, 9.17) is 4.98 Å². The number of hydrogen-bond acceptors (Lipinski definition) is 3. The third-order valence-electron chi connectivity index (χ3n) is 5.31. The van der Waals surface area contributed by atoms with Crippen molar-refractivity contribution >= 4 is 34.1 Å². The molecule has 5 rings (SSSR count). The van der Waals surface area contributed by atoms with Gasteiger partial charge in [-0.05, 0) is 56.0 Å². The van der Waals surface area contributed by atoms with Crippen molar-refractivity contribution < 1.29 is 9.59 Å². The maximum absolute atomic E-state index is 13.0. The second-order valence-corrected chi connectivity index (χ2v) is 7.68. The zero-order valence-corrected chi connectivity index (χ0v) is 15.4. The SMILES string of the molecule is O=C(Nc1cccc(NC(=O)C2CC2)c1)c1cc(C2CC2)nc2ccccc12. The van der Waals surface area contributed by atoms with Gasteiger partial charge in [0.15, 0.2) is 0 Å². The van der Waals surface area contributed by atoms with E-state index >= 15 is 0 Å². The summed E-state index contributed by atoms with van der Waals surface area (Å²) in [5.41, 5.74) is 3.84. The quantitative estimate of drug-likeness (QED) is 0.682. The minimum Gasteiger partial charge on any atom is -0.326 e. The number of benzene rings is 2. The van der Waals surface area contributed by atoms with Crippen LogP contribution >= 0.6 is 0 Å². The molecule has 0 spiro atoms. The summed E-state index contributed by atoms with van der Waals surface area (Å²) in [7, 11) is 0. The molecule has 0 atom stereocenters. The normalized spacial score (nSPS) is 16.0. The van der Waals surface area contributed by atoms with E-state index < -0.39 is 0 Å². The van der Waals surface area contributed by atoms with Crippen molar-refractivity contribution in [2.75, 3.05) is 10.6 Å². The van der Waals surface area contributed by atoms with Gasteiger partial charge in [0.05, 0.1) is 11.1 Å². The van der Waals surface area contributed by atoms with Gasteiger partial charge in [-0.1, -0.05) is 24.3 Å². The molecule has 2 aliphatic rings. The summed E-state index contributed by atoms with van der Waals surface area (Å²) in [5.74, 6) is 0.503. The summed E-state index contributed by atoms with van der Waals surface area (Å²) in [6, 6.07) is 17.0. The highest BCUT2D eigenvalue weighted by atomic mass is 16.2. The molecule has 2 saturated carbocycles. The van der Waals surface area contributed by atoms with Gasteiger partial charge in [-0.3, -0.25) is 14.6 Å². The molecule has 0 saturated heterocycles. The van der Waals surface area contributed by atoms with Crippen LogP contribution in [0.4, 0.5) is 11.4 Å². The van der Waals surface area contributed by atoms with Crippen molar-refractivity contribution in [3.05, 3.63) is 65.9 Å². The van der Waals surface area contributed by atoms with Crippen molar-refractivity contribution in [1.82, 2.24) is 4.98 Å². The highest BCUT2D eigenvalue weighted by Crippen LogP contribution is 2.40. The first-order valence-corrected chi connectivity index (χ1v) is 9.79. The van der Waals surface area contributed by atoms with Crippen molar-refractivity contribution in [1.29, 1.82) is 0 Å². The van der Waals surface area contributed by atoms with Gasteiger partial charge in [-0.15, -0.1) is 0 Å². The van der Waals surface area contributed by atoms with Crippen molar-refractivity contribution in [3.8, 4) is 0 Å². The summed E-state index contributed by atoms with van der Waals surface area (Å²) >= 11 is 0. The van der Waals surface area contributed by atoms with Gasteiger partial charge in [0.25, 0.3) is 5.91 Å². The third-order valence-corrected chi connectivity index (χ3v) is 5.31. The molecule has 0 aliphatic heterocycles. The summed E-state index contributed by atoms with van der Waals surface area (Å²) in [6.45, 7) is 0. The summed E-state index contributed by atoms with van der Waals surface area (Å²) in [6.07, 6.45) is 4.19. The van der Waals surface area contributed by atoms with E-state index in [1.54, 1.807) is 6.07 Å². The molecule has 0 bridgehead atoms. The second kappa shape index (κ2) is 6.75. The first-order valence-electron chi connectivity index (χ1n) is 9.79. The monoisotopic (exact) mass is 371 g/mol. The van der Waals surface area contributed by atoms with E-state index in [2.05, 4.69) is 10.6 Å². The zero-order chi connectivity index (χ0) is 19.1. The molecule has 1 heterocycles. The highest BCUT2D eigenvalue weighted by molar-refractivity contribution is 6.12. The van der Waals surface area contributed by atoms with E-state index in [1.165, 1.54) is 0 Å². The Hall–Kier alpha value is -3.21. The molecule has 2 amide bonds. The van der Waals surface area contributed by atoms with Crippen LogP contribution in [0.15, 0.2) is 54.6 Å². The first kappa shape index (κ1) is 16.9. The van der Waals surface area contributed by atoms with Crippen LogP contribution in [0.1, 0.15) is 47.7 Å². The van der Waals surface area contributed by atoms with E-state index in [1.807, 2.05) is 48.5 Å². The Kier molecular flexibility index (Phi) is 4.08. The number of nitrogens with zero attached hydrogens (tertiary/aromatic N) is 1. The number of carbonyl (C=O) groups is 2. The molecule has 2 aliphatic carbocycles. The van der Waals surface area contributed by atoms with E-state index in [0.29, 0.717) is 22.9 Å². The van der Waals surface area contributed by atoms with Crippen molar-refractivity contribution in [3.63, 3.8) is 0 Å². The maximum Gasteiger partial charge on any atom is 0.256 e. The van der Waals surface area contributed by atoms with Gasteiger partial charge >= 0.3 is 0 Å². The van der Waals surface area contributed by atoms with Crippen LogP contribution < -0.4 is 10.6 Å². The van der Waals surface area contributed by atoms with Gasteiger partial charge in [0.1, 0.15) is 0 Å². The van der Waals surface area contributed by atoms with E-state index in [-0.39, 0.29) is 17.7 Å². The molecular formula is C23H21N3O2. The predicted molar refractivity (Wildman–Crippen MR) is 109 cm³/mol. The lowest BCUT2D eigenvalue weighted by atomic mass is 10.1. The molecule has 3 aromatic rings. The van der Waals surface area contributed by atoms with Gasteiger partial charge in [0.2, 0.25) is 5.91 Å². The van der Waals surface area contributed by atoms with Gasteiger partial charge in [-0.25, -0.2) is 0 Å². The number of para-hydroxylation sites is 1. The number of anilines is 2. The zero-order valence-electron chi connectivity index (χ0n) is 15.4. The lowest BCUT2D eigenvalue weighted by Crippen LogP contribution is -2.15. The number of hydrogen-bond donors (Lipinski definition) is 2. The van der Waals surface area contributed by atoms with Crippen LogP contribution in [0, 0.1) is 5.92 Å². The number of carbonyl (C=O) groups excluding carboxylic acids is 2. The molecule has 0 unspecified atom stereocenters. The standard InChI is InChI=1S/C23H21N3O2/c27-22(15-10-11-15)24-16-4-3-5-17(12-16)25-23(28)19-13-21(14-8-9-14)26-20-7-2-1-6-18(19)20/h1-7,12-15H,8-11H2,(H,24,27)(H,25,28). The fourth-order valence-corrected chi connectivity index (χ4v) is 3.43. The van der Waals surface area contributed by atoms with E-state index in [9.17, 15) is 9.59 Å². The van der Waals surface area contributed by atoms with Crippen LogP contribution in [0.25, 0.3) is 10.9 Å². The molecule has 2 N–H and O–H groups in total. The number of nitrogens with one attached hydrogen (secondary N) is 2. The predicted octanol–water partition coefficient (Wildman–Crippen LogP) is 4.71. The fourth-order valence-electron chi connectivity index (χ4n) is 3.43. The number of amides is 2. The average molecular weight is 371 g/mol. The Morgan fingerprint density at radius 2 is 1.61 bits per heavy atom. The molecule has 0 radical (unpaired) electrons. The smallest absolute Gasteiger partial charge is 0.256 e. The molecule has 140 valence electrons. The van der Waals surface area contributed by atoms with Crippen molar-refractivity contribution in [2.24, 2.45) is 5.92 Å². The Labute approximate surface area is 163 Å². The van der Waals surface area contributed by atoms with Crippen LogP contribution in [0.5, 0.6) is 0 Å². The molecule has 2 fully saturated rings. The molecule has 1 aromatic heterocycles. The highest BCUT2D eigenvalue weighted by Gasteiger charge is 2.29. The van der Waals surface area contributed by atoms with Crippen LogP contribution in [0.3, 0.4) is 0 Å². The fraction of sp³-hybridized carbons (Fsp3) is 0.261. The lowest BCUT2D eigenvalue weighted by Gasteiger charge is -2.11. The second-order valence-electron chi connectivity index (χ2n) is 7.68. The van der Waals surface area contributed by atoms with Gasteiger partial charge in [-0.2, -0.15) is 0 Å². The molecular weight excluding hydrogens is 350 g/mol. The van der Waals surface area contributed by atoms with Gasteiger partial charge < -0.3 is 10.6 Å². The molecule has 5 heteroatoms. The average Bonchev–Trinajstić information content (AvgIpc) is 3.59. The van der Waals surface area contributed by atoms with Crippen LogP contribution in [0.2, 0.25) is 0 Å². The Morgan fingerprint density at radius 3 is 2.36 bits per heavy atom. The molecule has 28 heavy (non-hydrogen) atoms. The summed E-state index contributed by atoms with van der Waals surface area (Å²) in [5, 5.41) is 6.75.